The Morgan fingerprint density at radius 1 is 1.53 bits per heavy atom. The van der Waals surface area contributed by atoms with Gasteiger partial charge >= 0.3 is 5.69 Å². The molecule has 0 radical (unpaired) electrons. The van der Waals surface area contributed by atoms with Crippen LogP contribution in [0.2, 0.25) is 0 Å². The summed E-state index contributed by atoms with van der Waals surface area (Å²) in [5.74, 6) is 0.167. The van der Waals surface area contributed by atoms with Crippen LogP contribution in [0.1, 0.15) is 12.8 Å². The third kappa shape index (κ3) is 2.52. The van der Waals surface area contributed by atoms with Crippen LogP contribution in [-0.4, -0.2) is 17.9 Å². The second-order valence-electron chi connectivity index (χ2n) is 3.91. The largest absolute Gasteiger partial charge is 0.490 e. The molecule has 1 N–H and O–H groups in total. The van der Waals surface area contributed by atoms with E-state index in [0.717, 1.165) is 12.8 Å². The van der Waals surface area contributed by atoms with Crippen molar-refractivity contribution in [2.45, 2.75) is 12.8 Å². The van der Waals surface area contributed by atoms with E-state index in [4.69, 9.17) is 4.74 Å². The SMILES string of the molecule is COc1ccc(NC(=O)C2CC2)cc1[N+](=O)[O-]. The second-order valence-corrected chi connectivity index (χ2v) is 3.91. The number of hydrogen-bond acceptors (Lipinski definition) is 4. The molecule has 0 bridgehead atoms. The number of amides is 1. The summed E-state index contributed by atoms with van der Waals surface area (Å²) in [7, 11) is 1.37. The van der Waals surface area contributed by atoms with Crippen molar-refractivity contribution in [2.75, 3.05) is 12.4 Å². The molecule has 1 fully saturated rings. The van der Waals surface area contributed by atoms with E-state index in [0.29, 0.717) is 5.69 Å². The minimum Gasteiger partial charge on any atom is -0.490 e. The molecular weight excluding hydrogens is 224 g/mol. The van der Waals surface area contributed by atoms with E-state index in [1.165, 1.54) is 19.2 Å². The van der Waals surface area contributed by atoms with E-state index in [1.807, 2.05) is 0 Å². The summed E-state index contributed by atoms with van der Waals surface area (Å²) in [6.07, 6.45) is 1.79. The Kier molecular flexibility index (Phi) is 2.95. The number of anilines is 1. The van der Waals surface area contributed by atoms with Crippen LogP contribution in [-0.2, 0) is 4.79 Å². The highest BCUT2D eigenvalue weighted by Gasteiger charge is 2.30. The first-order valence-electron chi connectivity index (χ1n) is 5.25. The summed E-state index contributed by atoms with van der Waals surface area (Å²) in [6, 6.07) is 4.37. The molecule has 0 aromatic heterocycles. The van der Waals surface area contributed by atoms with Crippen molar-refractivity contribution in [1.29, 1.82) is 0 Å². The predicted molar refractivity (Wildman–Crippen MR) is 61.0 cm³/mol. The normalized spacial score (nSPS) is 14.2. The molecule has 90 valence electrons. The lowest BCUT2D eigenvalue weighted by molar-refractivity contribution is -0.385. The zero-order valence-electron chi connectivity index (χ0n) is 9.30. The number of nitro benzene ring substituents is 1. The van der Waals surface area contributed by atoms with Crippen LogP contribution in [0.5, 0.6) is 5.75 Å². The number of rotatable bonds is 4. The quantitative estimate of drug-likeness (QED) is 0.639. The first kappa shape index (κ1) is 11.4. The third-order valence-corrected chi connectivity index (χ3v) is 2.59. The fraction of sp³-hybridized carbons (Fsp3) is 0.364. The molecule has 1 aromatic rings. The molecule has 1 aromatic carbocycles. The van der Waals surface area contributed by atoms with Crippen molar-refractivity contribution in [3.05, 3.63) is 28.3 Å². The number of nitro groups is 1. The van der Waals surface area contributed by atoms with E-state index in [1.54, 1.807) is 6.07 Å². The molecule has 2 rings (SSSR count). The minimum atomic E-state index is -0.536. The van der Waals surface area contributed by atoms with Crippen molar-refractivity contribution >= 4 is 17.3 Å². The van der Waals surface area contributed by atoms with Gasteiger partial charge in [0.05, 0.1) is 12.0 Å². The Balaban J connectivity index is 2.20. The zero-order valence-corrected chi connectivity index (χ0v) is 9.30. The number of hydrogen-bond donors (Lipinski definition) is 1. The maximum absolute atomic E-state index is 11.5. The average Bonchev–Trinajstić information content (AvgIpc) is 3.12. The topological polar surface area (TPSA) is 81.5 Å². The number of carbonyl (C=O) groups excluding carboxylic acids is 1. The molecule has 0 aliphatic heterocycles. The van der Waals surface area contributed by atoms with Crippen molar-refractivity contribution < 1.29 is 14.5 Å². The molecule has 0 atom stereocenters. The van der Waals surface area contributed by atoms with E-state index in [-0.39, 0.29) is 23.3 Å². The van der Waals surface area contributed by atoms with Gasteiger partial charge in [-0.2, -0.15) is 0 Å². The van der Waals surface area contributed by atoms with Crippen LogP contribution in [0.4, 0.5) is 11.4 Å². The monoisotopic (exact) mass is 236 g/mol. The Morgan fingerprint density at radius 2 is 2.24 bits per heavy atom. The van der Waals surface area contributed by atoms with E-state index in [2.05, 4.69) is 5.32 Å². The lowest BCUT2D eigenvalue weighted by Gasteiger charge is -2.06. The van der Waals surface area contributed by atoms with Gasteiger partial charge in [-0.05, 0) is 25.0 Å². The Hall–Kier alpha value is -2.11. The maximum Gasteiger partial charge on any atom is 0.312 e. The molecule has 0 saturated heterocycles. The van der Waals surface area contributed by atoms with Crippen LogP contribution in [0.3, 0.4) is 0 Å². The van der Waals surface area contributed by atoms with Gasteiger partial charge in [-0.15, -0.1) is 0 Å². The summed E-state index contributed by atoms with van der Waals surface area (Å²) in [4.78, 5) is 21.7. The van der Waals surface area contributed by atoms with Gasteiger partial charge in [-0.1, -0.05) is 0 Å². The summed E-state index contributed by atoms with van der Waals surface area (Å²) in [5, 5.41) is 13.4. The first-order valence-corrected chi connectivity index (χ1v) is 5.25. The summed E-state index contributed by atoms with van der Waals surface area (Å²) >= 11 is 0. The van der Waals surface area contributed by atoms with Crippen molar-refractivity contribution in [3.8, 4) is 5.75 Å². The molecule has 17 heavy (non-hydrogen) atoms. The number of ether oxygens (including phenoxy) is 1. The minimum absolute atomic E-state index is 0.0659. The first-order chi connectivity index (χ1) is 8.11. The molecule has 6 nitrogen and oxygen atoms in total. The molecule has 0 spiro atoms. The zero-order chi connectivity index (χ0) is 12.4. The highest BCUT2D eigenvalue weighted by Crippen LogP contribution is 2.32. The lowest BCUT2D eigenvalue weighted by atomic mass is 10.2. The fourth-order valence-corrected chi connectivity index (χ4v) is 1.50. The van der Waals surface area contributed by atoms with Crippen molar-refractivity contribution in [2.24, 2.45) is 5.92 Å². The van der Waals surface area contributed by atoms with Gasteiger partial charge in [0, 0.05) is 17.7 Å². The summed E-state index contributed by atoms with van der Waals surface area (Å²) in [5.41, 5.74) is 0.274. The highest BCUT2D eigenvalue weighted by atomic mass is 16.6. The fourth-order valence-electron chi connectivity index (χ4n) is 1.50. The van der Waals surface area contributed by atoms with Gasteiger partial charge < -0.3 is 10.1 Å². The third-order valence-electron chi connectivity index (χ3n) is 2.59. The molecule has 1 saturated carbocycles. The van der Waals surface area contributed by atoms with Gasteiger partial charge in [0.1, 0.15) is 0 Å². The molecular formula is C11H12N2O4. The molecule has 1 aliphatic carbocycles. The van der Waals surface area contributed by atoms with Crippen LogP contribution in [0.25, 0.3) is 0 Å². The van der Waals surface area contributed by atoms with E-state index < -0.39 is 4.92 Å². The Morgan fingerprint density at radius 3 is 2.76 bits per heavy atom. The Bertz CT molecular complexity index is 469. The number of nitrogens with zero attached hydrogens (tertiary/aromatic N) is 1. The summed E-state index contributed by atoms with van der Waals surface area (Å²) < 4.78 is 4.87. The van der Waals surface area contributed by atoms with Crippen molar-refractivity contribution in [1.82, 2.24) is 0 Å². The standard InChI is InChI=1S/C11H12N2O4/c1-17-10-5-4-8(6-9(10)13(15)16)12-11(14)7-2-3-7/h4-7H,2-3H2,1H3,(H,12,14). The molecule has 0 heterocycles. The maximum atomic E-state index is 11.5. The average molecular weight is 236 g/mol. The predicted octanol–water partition coefficient (Wildman–Crippen LogP) is 1.95. The van der Waals surface area contributed by atoms with Crippen LogP contribution < -0.4 is 10.1 Å². The number of benzene rings is 1. The van der Waals surface area contributed by atoms with Gasteiger partial charge in [-0.25, -0.2) is 0 Å². The molecule has 0 unspecified atom stereocenters. The number of carbonyl (C=O) groups is 1. The molecule has 6 heteroatoms. The highest BCUT2D eigenvalue weighted by molar-refractivity contribution is 5.94. The number of nitrogens with one attached hydrogen (secondary N) is 1. The molecule has 1 aliphatic rings. The molecule has 1 amide bonds. The van der Waals surface area contributed by atoms with Gasteiger partial charge in [-0.3, -0.25) is 14.9 Å². The van der Waals surface area contributed by atoms with Crippen LogP contribution in [0, 0.1) is 16.0 Å². The van der Waals surface area contributed by atoms with Crippen LogP contribution >= 0.6 is 0 Å². The Labute approximate surface area is 97.7 Å². The van der Waals surface area contributed by atoms with Gasteiger partial charge in [0.2, 0.25) is 5.91 Å². The van der Waals surface area contributed by atoms with Crippen LogP contribution in [0.15, 0.2) is 18.2 Å². The van der Waals surface area contributed by atoms with E-state index >= 15 is 0 Å². The second kappa shape index (κ2) is 4.40. The lowest BCUT2D eigenvalue weighted by Crippen LogP contribution is -2.13. The van der Waals surface area contributed by atoms with E-state index in [9.17, 15) is 14.9 Å². The van der Waals surface area contributed by atoms with Crippen molar-refractivity contribution in [3.63, 3.8) is 0 Å². The van der Waals surface area contributed by atoms with Gasteiger partial charge in [0.25, 0.3) is 0 Å². The van der Waals surface area contributed by atoms with Gasteiger partial charge in [0.15, 0.2) is 5.75 Å². The number of methoxy groups -OCH3 is 1. The summed E-state index contributed by atoms with van der Waals surface area (Å²) in [6.45, 7) is 0. The smallest absolute Gasteiger partial charge is 0.312 e.